The zero-order chi connectivity index (χ0) is 13.2. The highest BCUT2D eigenvalue weighted by molar-refractivity contribution is 5.81. The van der Waals surface area contributed by atoms with Gasteiger partial charge in [-0.25, -0.2) is 4.39 Å². The summed E-state index contributed by atoms with van der Waals surface area (Å²) < 4.78 is 13.0. The molecule has 0 aliphatic rings. The number of aromatic amines is 1. The van der Waals surface area contributed by atoms with Gasteiger partial charge < -0.3 is 4.98 Å². The summed E-state index contributed by atoms with van der Waals surface area (Å²) >= 11 is 0. The molecule has 94 valence electrons. The average Bonchev–Trinajstić information content (AvgIpc) is 2.83. The molecule has 0 amide bonds. The predicted molar refractivity (Wildman–Crippen MR) is 74.2 cm³/mol. The Kier molecular flexibility index (Phi) is 2.88. The molecule has 0 radical (unpaired) electrons. The lowest BCUT2D eigenvalue weighted by molar-refractivity contribution is 0.628. The summed E-state index contributed by atoms with van der Waals surface area (Å²) in [6.45, 7) is 2.01. The van der Waals surface area contributed by atoms with E-state index in [1.807, 2.05) is 19.1 Å². The molecular formula is C16H13FN2. The number of hydrogen-bond acceptors (Lipinski definition) is 1. The van der Waals surface area contributed by atoms with E-state index in [1.165, 1.54) is 12.1 Å². The average molecular weight is 252 g/mol. The molecule has 3 heteroatoms. The van der Waals surface area contributed by atoms with Crippen LogP contribution in [0.15, 0.2) is 54.9 Å². The summed E-state index contributed by atoms with van der Waals surface area (Å²) in [6.07, 6.45) is 3.54. The first-order valence-electron chi connectivity index (χ1n) is 6.10. The summed E-state index contributed by atoms with van der Waals surface area (Å²) in [6, 6.07) is 12.5. The molecule has 0 fully saturated rings. The van der Waals surface area contributed by atoms with Gasteiger partial charge in [0.1, 0.15) is 5.82 Å². The molecule has 0 aliphatic carbocycles. The fourth-order valence-electron chi connectivity index (χ4n) is 2.19. The Balaban J connectivity index is 2.15. The zero-order valence-corrected chi connectivity index (χ0v) is 10.5. The van der Waals surface area contributed by atoms with Gasteiger partial charge in [-0.05, 0) is 60.5 Å². The number of rotatable bonds is 2. The first-order chi connectivity index (χ1) is 9.24. The van der Waals surface area contributed by atoms with Crippen LogP contribution in [0.1, 0.15) is 5.69 Å². The van der Waals surface area contributed by atoms with Gasteiger partial charge in [0.15, 0.2) is 0 Å². The number of hydrogen-bond donors (Lipinski definition) is 1. The molecule has 2 aromatic heterocycles. The molecule has 2 heterocycles. The molecule has 2 nitrogen and oxygen atoms in total. The summed E-state index contributed by atoms with van der Waals surface area (Å²) in [5, 5.41) is 0. The summed E-state index contributed by atoms with van der Waals surface area (Å²) in [5.41, 5.74) is 5.25. The van der Waals surface area contributed by atoms with Crippen LogP contribution in [0, 0.1) is 12.7 Å². The van der Waals surface area contributed by atoms with Crippen LogP contribution in [0.25, 0.3) is 22.4 Å². The number of nitrogens with zero attached hydrogens (tertiary/aromatic N) is 1. The molecule has 19 heavy (non-hydrogen) atoms. The summed E-state index contributed by atoms with van der Waals surface area (Å²) in [7, 11) is 0. The molecule has 0 saturated heterocycles. The highest BCUT2D eigenvalue weighted by atomic mass is 19.1. The maximum atomic E-state index is 13.0. The second-order valence-electron chi connectivity index (χ2n) is 4.48. The van der Waals surface area contributed by atoms with Crippen molar-refractivity contribution in [1.29, 1.82) is 0 Å². The molecular weight excluding hydrogens is 239 g/mol. The number of aromatic nitrogens is 2. The van der Waals surface area contributed by atoms with Gasteiger partial charge >= 0.3 is 0 Å². The molecule has 0 spiro atoms. The van der Waals surface area contributed by atoms with Crippen molar-refractivity contribution in [3.63, 3.8) is 0 Å². The number of aryl methyl sites for hydroxylation is 1. The Labute approximate surface area is 111 Å². The minimum absolute atomic E-state index is 0.225. The third-order valence-electron chi connectivity index (χ3n) is 3.08. The fraction of sp³-hybridized carbons (Fsp3) is 0.0625. The van der Waals surface area contributed by atoms with Gasteiger partial charge in [0.2, 0.25) is 0 Å². The lowest BCUT2D eigenvalue weighted by Gasteiger charge is -2.04. The Bertz CT molecular complexity index is 685. The van der Waals surface area contributed by atoms with E-state index < -0.39 is 0 Å². The molecule has 0 unspecified atom stereocenters. The number of halogens is 1. The quantitative estimate of drug-likeness (QED) is 0.727. The van der Waals surface area contributed by atoms with E-state index in [0.29, 0.717) is 0 Å². The minimum Gasteiger partial charge on any atom is -0.358 e. The molecule has 0 bridgehead atoms. The first kappa shape index (κ1) is 11.7. The largest absolute Gasteiger partial charge is 0.358 e. The molecule has 1 aromatic carbocycles. The van der Waals surface area contributed by atoms with Gasteiger partial charge in [0, 0.05) is 23.7 Å². The smallest absolute Gasteiger partial charge is 0.123 e. The summed E-state index contributed by atoms with van der Waals surface area (Å²) in [4.78, 5) is 7.37. The van der Waals surface area contributed by atoms with E-state index in [-0.39, 0.29) is 5.82 Å². The van der Waals surface area contributed by atoms with Gasteiger partial charge in [-0.2, -0.15) is 0 Å². The number of pyridine rings is 1. The predicted octanol–water partition coefficient (Wildman–Crippen LogP) is 4.19. The van der Waals surface area contributed by atoms with Crippen molar-refractivity contribution in [1.82, 2.24) is 9.97 Å². The Morgan fingerprint density at radius 1 is 0.947 bits per heavy atom. The highest BCUT2D eigenvalue weighted by Gasteiger charge is 2.10. The van der Waals surface area contributed by atoms with Crippen molar-refractivity contribution < 1.29 is 4.39 Å². The van der Waals surface area contributed by atoms with Crippen molar-refractivity contribution in [3.05, 3.63) is 66.4 Å². The molecule has 3 rings (SSSR count). The van der Waals surface area contributed by atoms with Crippen molar-refractivity contribution in [2.24, 2.45) is 0 Å². The van der Waals surface area contributed by atoms with Crippen LogP contribution >= 0.6 is 0 Å². The third-order valence-corrected chi connectivity index (χ3v) is 3.08. The van der Waals surface area contributed by atoms with Gasteiger partial charge in [-0.1, -0.05) is 0 Å². The van der Waals surface area contributed by atoms with Gasteiger partial charge in [-0.3, -0.25) is 4.98 Å². The topological polar surface area (TPSA) is 28.7 Å². The van der Waals surface area contributed by atoms with Crippen LogP contribution in [-0.4, -0.2) is 9.97 Å². The first-order valence-corrected chi connectivity index (χ1v) is 6.10. The van der Waals surface area contributed by atoms with Crippen LogP contribution in [0.2, 0.25) is 0 Å². The maximum Gasteiger partial charge on any atom is 0.123 e. The lowest BCUT2D eigenvalue weighted by atomic mass is 10.0. The number of benzene rings is 1. The number of nitrogens with one attached hydrogen (secondary N) is 1. The van der Waals surface area contributed by atoms with Crippen LogP contribution in [0.5, 0.6) is 0 Å². The Morgan fingerprint density at radius 3 is 2.32 bits per heavy atom. The van der Waals surface area contributed by atoms with Gasteiger partial charge in [0.05, 0.1) is 5.69 Å². The van der Waals surface area contributed by atoms with E-state index >= 15 is 0 Å². The maximum absolute atomic E-state index is 13.0. The molecule has 0 saturated carbocycles. The van der Waals surface area contributed by atoms with E-state index in [9.17, 15) is 4.39 Å². The standard InChI is InChI=1S/C16H13FN2/c1-11-10-15(12-6-8-18-9-7-12)16(19-11)13-2-4-14(17)5-3-13/h2-10,19H,1H3. The van der Waals surface area contributed by atoms with E-state index in [0.717, 1.165) is 28.1 Å². The van der Waals surface area contributed by atoms with E-state index in [1.54, 1.807) is 24.5 Å². The highest BCUT2D eigenvalue weighted by Crippen LogP contribution is 2.32. The minimum atomic E-state index is -0.225. The second-order valence-corrected chi connectivity index (χ2v) is 4.48. The van der Waals surface area contributed by atoms with Crippen molar-refractivity contribution in [2.45, 2.75) is 6.92 Å². The zero-order valence-electron chi connectivity index (χ0n) is 10.5. The van der Waals surface area contributed by atoms with Crippen LogP contribution in [0.3, 0.4) is 0 Å². The van der Waals surface area contributed by atoms with Crippen molar-refractivity contribution in [3.8, 4) is 22.4 Å². The molecule has 0 aliphatic heterocycles. The third kappa shape index (κ3) is 2.27. The normalized spacial score (nSPS) is 10.6. The van der Waals surface area contributed by atoms with Gasteiger partial charge in [0.25, 0.3) is 0 Å². The van der Waals surface area contributed by atoms with E-state index in [4.69, 9.17) is 0 Å². The lowest BCUT2D eigenvalue weighted by Crippen LogP contribution is -1.83. The van der Waals surface area contributed by atoms with Gasteiger partial charge in [-0.15, -0.1) is 0 Å². The SMILES string of the molecule is Cc1cc(-c2ccncc2)c(-c2ccc(F)cc2)[nH]1. The van der Waals surface area contributed by atoms with Crippen LogP contribution in [-0.2, 0) is 0 Å². The fourth-order valence-corrected chi connectivity index (χ4v) is 2.19. The molecule has 0 atom stereocenters. The second kappa shape index (κ2) is 4.69. The van der Waals surface area contributed by atoms with Crippen LogP contribution < -0.4 is 0 Å². The van der Waals surface area contributed by atoms with Crippen molar-refractivity contribution >= 4 is 0 Å². The molecule has 1 N–H and O–H groups in total. The molecule has 3 aromatic rings. The monoisotopic (exact) mass is 252 g/mol. The Hall–Kier alpha value is -2.42. The Morgan fingerprint density at radius 2 is 1.63 bits per heavy atom. The van der Waals surface area contributed by atoms with E-state index in [2.05, 4.69) is 16.0 Å². The van der Waals surface area contributed by atoms with Crippen LogP contribution in [0.4, 0.5) is 4.39 Å². The number of H-pyrrole nitrogens is 1. The van der Waals surface area contributed by atoms with Crippen molar-refractivity contribution in [2.75, 3.05) is 0 Å². The summed E-state index contributed by atoms with van der Waals surface area (Å²) in [5.74, 6) is -0.225.